The van der Waals surface area contributed by atoms with E-state index >= 15 is 0 Å². The van der Waals surface area contributed by atoms with Crippen LogP contribution in [0.3, 0.4) is 0 Å². The van der Waals surface area contributed by atoms with Gasteiger partial charge in [-0.3, -0.25) is 0 Å². The number of rotatable bonds is 2. The first-order chi connectivity index (χ1) is 8.49. The van der Waals surface area contributed by atoms with Gasteiger partial charge >= 0.3 is 0 Å². The Balaban J connectivity index is 2.48. The van der Waals surface area contributed by atoms with Gasteiger partial charge in [0.25, 0.3) is 0 Å². The summed E-state index contributed by atoms with van der Waals surface area (Å²) in [5, 5.41) is 18.9. The molecule has 0 bridgehead atoms. The summed E-state index contributed by atoms with van der Waals surface area (Å²) in [7, 11) is -1.57. The van der Waals surface area contributed by atoms with E-state index in [1.165, 1.54) is 36.4 Å². The molecule has 0 aliphatic heterocycles. The maximum atomic E-state index is 12.3. The minimum absolute atomic E-state index is 0.00227. The Morgan fingerprint density at radius 2 is 1.22 bits per heavy atom. The zero-order valence-electron chi connectivity index (χ0n) is 8.93. The highest BCUT2D eigenvalue weighted by molar-refractivity contribution is 7.85. The molecular formula is C12H8Cl2O3S. The molecule has 0 unspecified atom stereocenters. The van der Waals surface area contributed by atoms with E-state index in [0.29, 0.717) is 9.79 Å². The lowest BCUT2D eigenvalue weighted by molar-refractivity contribution is 0.474. The van der Waals surface area contributed by atoms with Gasteiger partial charge in [0.1, 0.15) is 11.5 Å². The van der Waals surface area contributed by atoms with Crippen LogP contribution in [0.25, 0.3) is 0 Å². The second kappa shape index (κ2) is 5.18. The Morgan fingerprint density at radius 3 is 1.56 bits per heavy atom. The van der Waals surface area contributed by atoms with Gasteiger partial charge in [-0.15, -0.1) is 0 Å². The van der Waals surface area contributed by atoms with Crippen molar-refractivity contribution in [2.24, 2.45) is 0 Å². The standard InChI is InChI=1S/C12H8Cl2O3S/c13-9-5-7(15)1-3-11(9)18(17)12-4-2-8(16)6-10(12)14/h1-6,15-16H. The van der Waals surface area contributed by atoms with Crippen LogP contribution in [0.2, 0.25) is 10.0 Å². The molecule has 0 heterocycles. The maximum absolute atomic E-state index is 12.3. The van der Waals surface area contributed by atoms with Crippen molar-refractivity contribution >= 4 is 34.0 Å². The van der Waals surface area contributed by atoms with Gasteiger partial charge in [0, 0.05) is 0 Å². The second-order valence-electron chi connectivity index (χ2n) is 3.50. The molecule has 18 heavy (non-hydrogen) atoms. The van der Waals surface area contributed by atoms with Gasteiger partial charge in [-0.1, -0.05) is 23.2 Å². The summed E-state index contributed by atoms with van der Waals surface area (Å²) in [5.41, 5.74) is 0. The lowest BCUT2D eigenvalue weighted by Gasteiger charge is -2.07. The summed E-state index contributed by atoms with van der Waals surface area (Å²) >= 11 is 11.8. The van der Waals surface area contributed by atoms with Gasteiger partial charge < -0.3 is 10.2 Å². The largest absolute Gasteiger partial charge is 0.508 e. The van der Waals surface area contributed by atoms with Crippen LogP contribution in [0.1, 0.15) is 0 Å². The number of phenols is 2. The van der Waals surface area contributed by atoms with E-state index in [-0.39, 0.29) is 21.5 Å². The Kier molecular flexibility index (Phi) is 3.80. The third-order valence-corrected chi connectivity index (χ3v) is 4.59. The van der Waals surface area contributed by atoms with Crippen molar-refractivity contribution in [3.63, 3.8) is 0 Å². The molecule has 94 valence electrons. The molecule has 0 aliphatic rings. The van der Waals surface area contributed by atoms with Gasteiger partial charge in [-0.2, -0.15) is 0 Å². The summed E-state index contributed by atoms with van der Waals surface area (Å²) in [6.07, 6.45) is 0. The van der Waals surface area contributed by atoms with E-state index in [1.54, 1.807) is 0 Å². The summed E-state index contributed by atoms with van der Waals surface area (Å²) in [6.45, 7) is 0. The highest BCUT2D eigenvalue weighted by Gasteiger charge is 2.15. The number of phenolic OH excluding ortho intramolecular Hbond substituents is 2. The fourth-order valence-electron chi connectivity index (χ4n) is 1.40. The molecule has 0 atom stereocenters. The van der Waals surface area contributed by atoms with Gasteiger partial charge in [-0.25, -0.2) is 4.21 Å². The molecule has 0 aromatic heterocycles. The van der Waals surface area contributed by atoms with Gasteiger partial charge in [-0.05, 0) is 36.4 Å². The molecule has 2 aromatic rings. The summed E-state index contributed by atoms with van der Waals surface area (Å²) < 4.78 is 12.3. The number of hydrogen-bond donors (Lipinski definition) is 2. The van der Waals surface area contributed by atoms with E-state index in [2.05, 4.69) is 0 Å². The second-order valence-corrected chi connectivity index (χ2v) is 5.73. The van der Waals surface area contributed by atoms with Crippen molar-refractivity contribution < 1.29 is 14.4 Å². The molecule has 0 radical (unpaired) electrons. The molecule has 2 rings (SSSR count). The summed E-state index contributed by atoms with van der Waals surface area (Å²) in [6, 6.07) is 8.35. The molecule has 6 heteroatoms. The average Bonchev–Trinajstić information content (AvgIpc) is 2.28. The zero-order chi connectivity index (χ0) is 13.3. The average molecular weight is 303 g/mol. The monoisotopic (exact) mass is 302 g/mol. The fraction of sp³-hybridized carbons (Fsp3) is 0. The number of hydrogen-bond acceptors (Lipinski definition) is 3. The first-order valence-corrected chi connectivity index (χ1v) is 6.78. The molecule has 2 aromatic carbocycles. The molecule has 0 amide bonds. The van der Waals surface area contributed by atoms with Crippen molar-refractivity contribution in [2.75, 3.05) is 0 Å². The van der Waals surface area contributed by atoms with Crippen LogP contribution in [-0.2, 0) is 10.8 Å². The molecule has 0 fully saturated rings. The highest BCUT2D eigenvalue weighted by atomic mass is 35.5. The predicted molar refractivity (Wildman–Crippen MR) is 70.9 cm³/mol. The molecule has 0 saturated carbocycles. The third kappa shape index (κ3) is 2.61. The van der Waals surface area contributed by atoms with E-state index in [4.69, 9.17) is 23.2 Å². The number of aromatic hydroxyl groups is 2. The Morgan fingerprint density at radius 1 is 0.833 bits per heavy atom. The number of benzene rings is 2. The fourth-order valence-corrected chi connectivity index (χ4v) is 3.26. The molecule has 2 N–H and O–H groups in total. The minimum Gasteiger partial charge on any atom is -0.508 e. The maximum Gasteiger partial charge on any atom is 0.117 e. The Labute approximate surface area is 116 Å². The van der Waals surface area contributed by atoms with Gasteiger partial charge in [0.2, 0.25) is 0 Å². The van der Waals surface area contributed by atoms with Crippen molar-refractivity contribution in [3.05, 3.63) is 46.4 Å². The van der Waals surface area contributed by atoms with Gasteiger partial charge in [0.05, 0.1) is 30.6 Å². The van der Waals surface area contributed by atoms with E-state index in [9.17, 15) is 14.4 Å². The summed E-state index contributed by atoms with van der Waals surface area (Å²) in [4.78, 5) is 0.698. The first-order valence-electron chi connectivity index (χ1n) is 4.88. The first kappa shape index (κ1) is 13.2. The quantitative estimate of drug-likeness (QED) is 0.891. The van der Waals surface area contributed by atoms with Crippen molar-refractivity contribution in [2.45, 2.75) is 9.79 Å². The van der Waals surface area contributed by atoms with Crippen molar-refractivity contribution in [1.82, 2.24) is 0 Å². The lowest BCUT2D eigenvalue weighted by Crippen LogP contribution is -1.94. The van der Waals surface area contributed by atoms with Crippen LogP contribution in [0.5, 0.6) is 11.5 Å². The Bertz CT molecular complexity index is 575. The smallest absolute Gasteiger partial charge is 0.117 e. The topological polar surface area (TPSA) is 57.5 Å². The van der Waals surface area contributed by atoms with Crippen LogP contribution in [-0.4, -0.2) is 14.4 Å². The zero-order valence-corrected chi connectivity index (χ0v) is 11.3. The van der Waals surface area contributed by atoms with E-state index < -0.39 is 10.8 Å². The third-order valence-electron chi connectivity index (χ3n) is 2.23. The lowest BCUT2D eigenvalue weighted by atomic mass is 10.3. The van der Waals surface area contributed by atoms with Crippen molar-refractivity contribution in [3.8, 4) is 11.5 Å². The normalized spacial score (nSPS) is 10.8. The van der Waals surface area contributed by atoms with Crippen LogP contribution >= 0.6 is 23.2 Å². The molecule has 0 spiro atoms. The van der Waals surface area contributed by atoms with E-state index in [1.807, 2.05) is 0 Å². The molecular weight excluding hydrogens is 295 g/mol. The highest BCUT2D eigenvalue weighted by Crippen LogP contribution is 2.32. The molecule has 0 aliphatic carbocycles. The number of halogens is 2. The summed E-state index contributed by atoms with van der Waals surface area (Å²) in [5.74, 6) is -0.00453. The minimum atomic E-state index is -1.57. The molecule has 0 saturated heterocycles. The SMILES string of the molecule is O=S(c1ccc(O)cc1Cl)c1ccc(O)cc1Cl. The predicted octanol–water partition coefficient (Wildman–Crippen LogP) is 3.57. The van der Waals surface area contributed by atoms with Crippen LogP contribution in [0, 0.1) is 0 Å². The van der Waals surface area contributed by atoms with Gasteiger partial charge in [0.15, 0.2) is 0 Å². The van der Waals surface area contributed by atoms with E-state index in [0.717, 1.165) is 0 Å². The molecule has 3 nitrogen and oxygen atoms in total. The van der Waals surface area contributed by atoms with Crippen LogP contribution in [0.15, 0.2) is 46.2 Å². The Hall–Kier alpha value is -1.23. The van der Waals surface area contributed by atoms with Crippen LogP contribution in [0.4, 0.5) is 0 Å². The van der Waals surface area contributed by atoms with Crippen molar-refractivity contribution in [1.29, 1.82) is 0 Å². The van der Waals surface area contributed by atoms with Crippen LogP contribution < -0.4 is 0 Å².